The first kappa shape index (κ1) is 15.4. The molecule has 4 nitrogen and oxygen atoms in total. The molecule has 2 atom stereocenters. The van der Waals surface area contributed by atoms with Crippen molar-refractivity contribution in [3.8, 4) is 0 Å². The van der Waals surface area contributed by atoms with Gasteiger partial charge in [0.05, 0.1) is 6.61 Å². The van der Waals surface area contributed by atoms with Crippen LogP contribution in [0, 0.1) is 0 Å². The van der Waals surface area contributed by atoms with Crippen molar-refractivity contribution in [1.82, 2.24) is 10.2 Å². The van der Waals surface area contributed by atoms with Crippen LogP contribution in [0.2, 0.25) is 0 Å². The highest BCUT2D eigenvalue weighted by Gasteiger charge is 2.30. The minimum atomic E-state index is -0.112. The molecular weight excluding hydrogens is 228 g/mol. The summed E-state index contributed by atoms with van der Waals surface area (Å²) >= 11 is 0. The Morgan fingerprint density at radius 1 is 1.44 bits per heavy atom. The number of hydrogen-bond acceptors (Lipinski definition) is 4. The molecule has 0 aromatic carbocycles. The number of hydrogen-bond donors (Lipinski definition) is 1. The van der Waals surface area contributed by atoms with Crippen LogP contribution >= 0.6 is 0 Å². The lowest BCUT2D eigenvalue weighted by atomic mass is 10.00. The number of nitrogens with one attached hydrogen (secondary N) is 1. The first-order chi connectivity index (χ1) is 8.70. The Kier molecular flexibility index (Phi) is 7.28. The van der Waals surface area contributed by atoms with E-state index in [4.69, 9.17) is 4.74 Å². The summed E-state index contributed by atoms with van der Waals surface area (Å²) in [4.78, 5) is 14.1. The van der Waals surface area contributed by atoms with Crippen LogP contribution in [0.4, 0.5) is 0 Å². The zero-order chi connectivity index (χ0) is 13.4. The molecule has 0 bridgehead atoms. The molecule has 1 fully saturated rings. The molecule has 1 rings (SSSR count). The monoisotopic (exact) mass is 256 g/mol. The summed E-state index contributed by atoms with van der Waals surface area (Å²) < 4.78 is 5.13. The normalized spacial score (nSPS) is 22.7. The second-order valence-corrected chi connectivity index (χ2v) is 5.02. The fraction of sp³-hybridized carbons (Fsp3) is 0.929. The highest BCUT2D eigenvalue weighted by molar-refractivity contribution is 5.75. The molecule has 18 heavy (non-hydrogen) atoms. The Bertz CT molecular complexity index is 246. The van der Waals surface area contributed by atoms with Crippen LogP contribution in [0.3, 0.4) is 0 Å². The summed E-state index contributed by atoms with van der Waals surface area (Å²) in [5, 5.41) is 3.47. The standard InChI is InChI=1S/C14H28N2O2/c1-4-9-15-11-13-8-6-7-10-16(13)12(3)14(17)18-5-2/h12-13,15H,4-11H2,1-3H3. The lowest BCUT2D eigenvalue weighted by Gasteiger charge is -2.38. The minimum Gasteiger partial charge on any atom is -0.465 e. The number of carbonyl (C=O) groups is 1. The molecule has 0 spiro atoms. The van der Waals surface area contributed by atoms with E-state index in [0.29, 0.717) is 12.6 Å². The van der Waals surface area contributed by atoms with E-state index in [2.05, 4.69) is 17.1 Å². The van der Waals surface area contributed by atoms with E-state index < -0.39 is 0 Å². The lowest BCUT2D eigenvalue weighted by molar-refractivity contribution is -0.150. The fourth-order valence-electron chi connectivity index (χ4n) is 2.60. The molecule has 1 N–H and O–H groups in total. The summed E-state index contributed by atoms with van der Waals surface area (Å²) in [6.45, 7) is 9.52. The molecule has 1 saturated heterocycles. The maximum Gasteiger partial charge on any atom is 0.323 e. The van der Waals surface area contributed by atoms with Crippen molar-refractivity contribution in [3.05, 3.63) is 0 Å². The van der Waals surface area contributed by atoms with Gasteiger partial charge < -0.3 is 10.1 Å². The predicted octanol–water partition coefficient (Wildman–Crippen LogP) is 1.79. The van der Waals surface area contributed by atoms with Crippen molar-refractivity contribution >= 4 is 5.97 Å². The SMILES string of the molecule is CCCNCC1CCCCN1C(C)C(=O)OCC. The summed E-state index contributed by atoms with van der Waals surface area (Å²) in [6.07, 6.45) is 4.79. The third-order valence-electron chi connectivity index (χ3n) is 3.60. The molecule has 4 heteroatoms. The zero-order valence-corrected chi connectivity index (χ0v) is 12.1. The van der Waals surface area contributed by atoms with E-state index in [0.717, 1.165) is 26.1 Å². The van der Waals surface area contributed by atoms with Gasteiger partial charge in [-0.25, -0.2) is 0 Å². The van der Waals surface area contributed by atoms with Crippen LogP contribution in [-0.4, -0.2) is 49.2 Å². The Labute approximate surface area is 111 Å². The fourth-order valence-corrected chi connectivity index (χ4v) is 2.60. The average molecular weight is 256 g/mol. The smallest absolute Gasteiger partial charge is 0.323 e. The Morgan fingerprint density at radius 3 is 2.89 bits per heavy atom. The molecule has 1 aliphatic rings. The molecule has 0 amide bonds. The topological polar surface area (TPSA) is 41.6 Å². The van der Waals surface area contributed by atoms with Gasteiger partial charge in [0, 0.05) is 12.6 Å². The van der Waals surface area contributed by atoms with Crippen molar-refractivity contribution in [1.29, 1.82) is 0 Å². The van der Waals surface area contributed by atoms with Gasteiger partial charge in [-0.05, 0) is 46.2 Å². The molecule has 1 heterocycles. The number of esters is 1. The third kappa shape index (κ3) is 4.58. The van der Waals surface area contributed by atoms with E-state index in [-0.39, 0.29) is 12.0 Å². The molecule has 106 valence electrons. The second kappa shape index (κ2) is 8.48. The van der Waals surface area contributed by atoms with Gasteiger partial charge in [-0.15, -0.1) is 0 Å². The summed E-state index contributed by atoms with van der Waals surface area (Å²) in [5.74, 6) is -0.0834. The second-order valence-electron chi connectivity index (χ2n) is 5.02. The molecule has 1 aliphatic heterocycles. The van der Waals surface area contributed by atoms with E-state index in [1.807, 2.05) is 13.8 Å². The largest absolute Gasteiger partial charge is 0.465 e. The van der Waals surface area contributed by atoms with Gasteiger partial charge in [0.1, 0.15) is 6.04 Å². The van der Waals surface area contributed by atoms with E-state index in [1.54, 1.807) is 0 Å². The molecule has 2 unspecified atom stereocenters. The quantitative estimate of drug-likeness (QED) is 0.557. The van der Waals surface area contributed by atoms with Crippen molar-refractivity contribution in [2.75, 3.05) is 26.2 Å². The number of nitrogens with zero attached hydrogens (tertiary/aromatic N) is 1. The zero-order valence-electron chi connectivity index (χ0n) is 12.1. The highest BCUT2D eigenvalue weighted by Crippen LogP contribution is 2.19. The first-order valence-electron chi connectivity index (χ1n) is 7.33. The Hall–Kier alpha value is -0.610. The van der Waals surface area contributed by atoms with Crippen LogP contribution in [0.1, 0.15) is 46.5 Å². The number of likely N-dealkylation sites (tertiary alicyclic amines) is 1. The number of ether oxygens (including phenoxy) is 1. The van der Waals surface area contributed by atoms with Gasteiger partial charge in [0.2, 0.25) is 0 Å². The molecule has 0 radical (unpaired) electrons. The van der Waals surface area contributed by atoms with Gasteiger partial charge in [0.25, 0.3) is 0 Å². The van der Waals surface area contributed by atoms with Gasteiger partial charge in [0.15, 0.2) is 0 Å². The van der Waals surface area contributed by atoms with Crippen molar-refractivity contribution in [3.63, 3.8) is 0 Å². The van der Waals surface area contributed by atoms with E-state index in [1.165, 1.54) is 19.3 Å². The third-order valence-corrected chi connectivity index (χ3v) is 3.60. The lowest BCUT2D eigenvalue weighted by Crippen LogP contribution is -2.52. The van der Waals surface area contributed by atoms with Crippen LogP contribution in [0.25, 0.3) is 0 Å². The Morgan fingerprint density at radius 2 is 2.22 bits per heavy atom. The summed E-state index contributed by atoms with van der Waals surface area (Å²) in [7, 11) is 0. The summed E-state index contributed by atoms with van der Waals surface area (Å²) in [5.41, 5.74) is 0. The van der Waals surface area contributed by atoms with E-state index >= 15 is 0 Å². The first-order valence-corrected chi connectivity index (χ1v) is 7.33. The van der Waals surface area contributed by atoms with Crippen LogP contribution in [0.5, 0.6) is 0 Å². The number of piperidine rings is 1. The van der Waals surface area contributed by atoms with E-state index in [9.17, 15) is 4.79 Å². The van der Waals surface area contributed by atoms with Crippen molar-refractivity contribution < 1.29 is 9.53 Å². The van der Waals surface area contributed by atoms with Gasteiger partial charge in [-0.3, -0.25) is 9.69 Å². The Balaban J connectivity index is 2.49. The van der Waals surface area contributed by atoms with Gasteiger partial charge in [-0.1, -0.05) is 13.3 Å². The number of rotatable bonds is 7. The van der Waals surface area contributed by atoms with Crippen LogP contribution in [-0.2, 0) is 9.53 Å². The highest BCUT2D eigenvalue weighted by atomic mass is 16.5. The molecular formula is C14H28N2O2. The molecule has 0 aliphatic carbocycles. The van der Waals surface area contributed by atoms with Crippen LogP contribution < -0.4 is 5.32 Å². The van der Waals surface area contributed by atoms with Gasteiger partial charge in [-0.2, -0.15) is 0 Å². The molecule has 0 aromatic rings. The molecule has 0 aromatic heterocycles. The maximum absolute atomic E-state index is 11.8. The number of carbonyl (C=O) groups excluding carboxylic acids is 1. The van der Waals surface area contributed by atoms with Gasteiger partial charge >= 0.3 is 5.97 Å². The average Bonchev–Trinajstić information content (AvgIpc) is 2.39. The van der Waals surface area contributed by atoms with Crippen molar-refractivity contribution in [2.45, 2.75) is 58.5 Å². The maximum atomic E-state index is 11.8. The van der Waals surface area contributed by atoms with Crippen molar-refractivity contribution in [2.24, 2.45) is 0 Å². The summed E-state index contributed by atoms with van der Waals surface area (Å²) in [6, 6.07) is 0.364. The minimum absolute atomic E-state index is 0.0834. The molecule has 0 saturated carbocycles. The predicted molar refractivity (Wildman–Crippen MR) is 73.6 cm³/mol. The van der Waals surface area contributed by atoms with Crippen LogP contribution in [0.15, 0.2) is 0 Å².